The molecule has 0 aliphatic rings. The summed E-state index contributed by atoms with van der Waals surface area (Å²) in [5.74, 6) is 1.22. The van der Waals surface area contributed by atoms with Gasteiger partial charge in [-0.15, -0.1) is 0 Å². The number of aryl methyl sites for hydroxylation is 2. The molecule has 1 heterocycles. The van der Waals surface area contributed by atoms with Crippen LogP contribution < -0.4 is 5.32 Å². The first-order valence-corrected chi connectivity index (χ1v) is 5.68. The summed E-state index contributed by atoms with van der Waals surface area (Å²) in [5, 5.41) is 11.9. The van der Waals surface area contributed by atoms with Crippen molar-refractivity contribution < 1.29 is 0 Å². The van der Waals surface area contributed by atoms with Crippen LogP contribution in [0.5, 0.6) is 0 Å². The first-order chi connectivity index (χ1) is 8.63. The van der Waals surface area contributed by atoms with E-state index in [1.165, 1.54) is 11.1 Å². The third kappa shape index (κ3) is 2.30. The van der Waals surface area contributed by atoms with Crippen molar-refractivity contribution >= 4 is 5.82 Å². The zero-order valence-electron chi connectivity index (χ0n) is 10.7. The first-order valence-electron chi connectivity index (χ1n) is 5.68. The van der Waals surface area contributed by atoms with Crippen molar-refractivity contribution in [3.8, 4) is 17.5 Å². The van der Waals surface area contributed by atoms with Crippen LogP contribution in [0.15, 0.2) is 24.3 Å². The van der Waals surface area contributed by atoms with Gasteiger partial charge >= 0.3 is 0 Å². The topological polar surface area (TPSA) is 61.6 Å². The Kier molecular flexibility index (Phi) is 3.24. The average molecular weight is 238 g/mol. The Labute approximate surface area is 106 Å². The minimum Gasteiger partial charge on any atom is -0.373 e. The van der Waals surface area contributed by atoms with Crippen molar-refractivity contribution in [1.82, 2.24) is 9.97 Å². The summed E-state index contributed by atoms with van der Waals surface area (Å²) in [6, 6.07) is 9.71. The van der Waals surface area contributed by atoms with E-state index in [-0.39, 0.29) is 0 Å². The van der Waals surface area contributed by atoms with Crippen molar-refractivity contribution in [2.75, 3.05) is 12.4 Å². The van der Waals surface area contributed by atoms with Gasteiger partial charge in [0.25, 0.3) is 0 Å². The molecule has 0 unspecified atom stereocenters. The van der Waals surface area contributed by atoms with Crippen molar-refractivity contribution in [3.63, 3.8) is 0 Å². The monoisotopic (exact) mass is 238 g/mol. The number of nitrogens with zero attached hydrogens (tertiary/aromatic N) is 3. The molecule has 0 aliphatic carbocycles. The number of hydrogen-bond donors (Lipinski definition) is 1. The molecule has 0 amide bonds. The Morgan fingerprint density at radius 2 is 1.89 bits per heavy atom. The molecule has 18 heavy (non-hydrogen) atoms. The van der Waals surface area contributed by atoms with E-state index in [0.29, 0.717) is 17.3 Å². The molecule has 4 heteroatoms. The maximum Gasteiger partial charge on any atom is 0.162 e. The lowest BCUT2D eigenvalue weighted by molar-refractivity contribution is 1.14. The molecular formula is C14H14N4. The molecule has 0 atom stereocenters. The molecule has 0 aliphatic heterocycles. The van der Waals surface area contributed by atoms with Gasteiger partial charge in [0, 0.05) is 18.7 Å². The van der Waals surface area contributed by atoms with Crippen LogP contribution in [0.25, 0.3) is 11.4 Å². The first kappa shape index (κ1) is 12.1. The second kappa shape index (κ2) is 4.84. The summed E-state index contributed by atoms with van der Waals surface area (Å²) in [6.07, 6.45) is 0. The molecular weight excluding hydrogens is 224 g/mol. The quantitative estimate of drug-likeness (QED) is 0.873. The smallest absolute Gasteiger partial charge is 0.162 e. The van der Waals surface area contributed by atoms with E-state index < -0.39 is 0 Å². The predicted octanol–water partition coefficient (Wildman–Crippen LogP) is 2.67. The maximum absolute atomic E-state index is 8.96. The van der Waals surface area contributed by atoms with Crippen LogP contribution in [0.4, 0.5) is 5.82 Å². The highest BCUT2D eigenvalue weighted by molar-refractivity contribution is 5.60. The van der Waals surface area contributed by atoms with Crippen LogP contribution in [0.3, 0.4) is 0 Å². The minimum atomic E-state index is 0.363. The van der Waals surface area contributed by atoms with Gasteiger partial charge in [-0.05, 0) is 31.0 Å². The maximum atomic E-state index is 8.96. The van der Waals surface area contributed by atoms with E-state index in [2.05, 4.69) is 22.2 Å². The fraction of sp³-hybridized carbons (Fsp3) is 0.214. The standard InChI is InChI=1S/C14H14N4/c1-9-4-5-11(6-10(9)2)14-17-12(8-15)7-13(16-3)18-14/h4-7H,1-3H3,(H,16,17,18). The molecule has 2 aromatic rings. The SMILES string of the molecule is CNc1cc(C#N)nc(-c2ccc(C)c(C)c2)n1. The van der Waals surface area contributed by atoms with Gasteiger partial charge in [0.2, 0.25) is 0 Å². The number of anilines is 1. The van der Waals surface area contributed by atoms with E-state index in [9.17, 15) is 0 Å². The van der Waals surface area contributed by atoms with Crippen LogP contribution in [0, 0.1) is 25.2 Å². The number of nitriles is 1. The van der Waals surface area contributed by atoms with Crippen molar-refractivity contribution in [3.05, 3.63) is 41.1 Å². The predicted molar refractivity (Wildman–Crippen MR) is 71.2 cm³/mol. The summed E-state index contributed by atoms with van der Waals surface area (Å²) in [6.45, 7) is 4.11. The van der Waals surface area contributed by atoms with E-state index in [0.717, 1.165) is 5.56 Å². The van der Waals surface area contributed by atoms with Crippen molar-refractivity contribution in [2.24, 2.45) is 0 Å². The van der Waals surface area contributed by atoms with Gasteiger partial charge in [-0.25, -0.2) is 9.97 Å². The van der Waals surface area contributed by atoms with Gasteiger partial charge < -0.3 is 5.32 Å². The second-order valence-corrected chi connectivity index (χ2v) is 4.12. The van der Waals surface area contributed by atoms with Gasteiger partial charge in [0.15, 0.2) is 5.82 Å². The molecule has 0 bridgehead atoms. The highest BCUT2D eigenvalue weighted by Crippen LogP contribution is 2.20. The molecule has 0 saturated heterocycles. The van der Waals surface area contributed by atoms with Gasteiger partial charge in [-0.2, -0.15) is 5.26 Å². The Morgan fingerprint density at radius 1 is 1.11 bits per heavy atom. The molecule has 1 aromatic carbocycles. The molecule has 90 valence electrons. The Balaban J connectivity index is 2.56. The van der Waals surface area contributed by atoms with Crippen LogP contribution >= 0.6 is 0 Å². The van der Waals surface area contributed by atoms with E-state index in [1.807, 2.05) is 31.2 Å². The normalized spacial score (nSPS) is 9.89. The molecule has 0 saturated carbocycles. The molecule has 0 spiro atoms. The minimum absolute atomic E-state index is 0.363. The zero-order chi connectivity index (χ0) is 13.1. The van der Waals surface area contributed by atoms with E-state index in [1.54, 1.807) is 13.1 Å². The van der Waals surface area contributed by atoms with Gasteiger partial charge in [-0.1, -0.05) is 12.1 Å². The van der Waals surface area contributed by atoms with Gasteiger partial charge in [0.05, 0.1) is 0 Å². The largest absolute Gasteiger partial charge is 0.373 e. The summed E-state index contributed by atoms with van der Waals surface area (Å²) >= 11 is 0. The Morgan fingerprint density at radius 3 is 2.50 bits per heavy atom. The fourth-order valence-corrected chi connectivity index (χ4v) is 1.64. The number of hydrogen-bond acceptors (Lipinski definition) is 4. The summed E-state index contributed by atoms with van der Waals surface area (Å²) < 4.78 is 0. The van der Waals surface area contributed by atoms with Crippen LogP contribution in [-0.2, 0) is 0 Å². The third-order valence-corrected chi connectivity index (χ3v) is 2.86. The lowest BCUT2D eigenvalue weighted by atomic mass is 10.1. The molecule has 0 radical (unpaired) electrons. The number of benzene rings is 1. The summed E-state index contributed by atoms with van der Waals surface area (Å²) in [4.78, 5) is 8.60. The number of rotatable bonds is 2. The fourth-order valence-electron chi connectivity index (χ4n) is 1.64. The summed E-state index contributed by atoms with van der Waals surface area (Å²) in [5.41, 5.74) is 3.70. The molecule has 1 aromatic heterocycles. The second-order valence-electron chi connectivity index (χ2n) is 4.12. The van der Waals surface area contributed by atoms with Crippen LogP contribution in [-0.4, -0.2) is 17.0 Å². The van der Waals surface area contributed by atoms with E-state index in [4.69, 9.17) is 5.26 Å². The average Bonchev–Trinajstić information content (AvgIpc) is 2.41. The Hall–Kier alpha value is -2.41. The lowest BCUT2D eigenvalue weighted by Crippen LogP contribution is -1.99. The third-order valence-electron chi connectivity index (χ3n) is 2.86. The molecule has 2 rings (SSSR count). The molecule has 4 nitrogen and oxygen atoms in total. The van der Waals surface area contributed by atoms with E-state index >= 15 is 0 Å². The van der Waals surface area contributed by atoms with Gasteiger partial charge in [-0.3, -0.25) is 0 Å². The zero-order valence-corrected chi connectivity index (χ0v) is 10.7. The summed E-state index contributed by atoms with van der Waals surface area (Å²) in [7, 11) is 1.77. The van der Waals surface area contributed by atoms with Crippen LogP contribution in [0.2, 0.25) is 0 Å². The van der Waals surface area contributed by atoms with Crippen molar-refractivity contribution in [2.45, 2.75) is 13.8 Å². The Bertz CT molecular complexity index is 626. The lowest BCUT2D eigenvalue weighted by Gasteiger charge is -2.06. The number of nitrogens with one attached hydrogen (secondary N) is 1. The van der Waals surface area contributed by atoms with Crippen LogP contribution in [0.1, 0.15) is 16.8 Å². The van der Waals surface area contributed by atoms with Gasteiger partial charge in [0.1, 0.15) is 17.6 Å². The number of aromatic nitrogens is 2. The van der Waals surface area contributed by atoms with Crippen molar-refractivity contribution in [1.29, 1.82) is 5.26 Å². The highest BCUT2D eigenvalue weighted by atomic mass is 15.0. The highest BCUT2D eigenvalue weighted by Gasteiger charge is 2.07. The molecule has 0 fully saturated rings. The molecule has 1 N–H and O–H groups in total.